The molecule has 4 rings (SSSR count). The molecule has 2 N–H and O–H groups in total. The molecule has 0 spiro atoms. The monoisotopic (exact) mass is 338 g/mol. The Morgan fingerprint density at radius 1 is 1.32 bits per heavy atom. The molecule has 130 valence electrons. The Morgan fingerprint density at radius 3 is 2.88 bits per heavy atom. The van der Waals surface area contributed by atoms with E-state index in [-0.39, 0.29) is 18.1 Å². The zero-order valence-electron chi connectivity index (χ0n) is 14.5. The van der Waals surface area contributed by atoms with Gasteiger partial charge in [-0.15, -0.1) is 0 Å². The van der Waals surface area contributed by atoms with Gasteiger partial charge in [0.15, 0.2) is 0 Å². The molecular weight excluding hydrogens is 316 g/mol. The van der Waals surface area contributed by atoms with E-state index in [9.17, 15) is 9.90 Å². The molecule has 1 aliphatic carbocycles. The molecule has 25 heavy (non-hydrogen) atoms. The fourth-order valence-corrected chi connectivity index (χ4v) is 3.59. The normalized spacial score (nSPS) is 21.6. The summed E-state index contributed by atoms with van der Waals surface area (Å²) in [6, 6.07) is 7.82. The minimum absolute atomic E-state index is 0.0398. The van der Waals surface area contributed by atoms with Gasteiger partial charge in [0.1, 0.15) is 0 Å². The summed E-state index contributed by atoms with van der Waals surface area (Å²) in [5.74, 6) is 0.604. The van der Waals surface area contributed by atoms with Crippen molar-refractivity contribution in [1.29, 1.82) is 0 Å². The number of anilines is 2. The van der Waals surface area contributed by atoms with E-state index in [2.05, 4.69) is 5.32 Å². The molecule has 2 heterocycles. The van der Waals surface area contributed by atoms with Crippen LogP contribution >= 0.6 is 0 Å². The van der Waals surface area contributed by atoms with Crippen LogP contribution in [0.1, 0.15) is 31.5 Å². The number of nitrogens with one attached hydrogen (secondary N) is 1. The fourth-order valence-electron chi connectivity index (χ4n) is 3.59. The Morgan fingerprint density at radius 2 is 2.16 bits per heavy atom. The lowest BCUT2D eigenvalue weighted by Crippen LogP contribution is -2.59. The minimum atomic E-state index is -0.316. The number of nitrogens with zero attached hydrogens (tertiary/aromatic N) is 3. The Bertz CT molecular complexity index is 836. The summed E-state index contributed by atoms with van der Waals surface area (Å²) in [4.78, 5) is 23.0. The van der Waals surface area contributed by atoms with Gasteiger partial charge >= 0.3 is 0 Å². The van der Waals surface area contributed by atoms with Crippen molar-refractivity contribution in [2.75, 3.05) is 16.8 Å². The van der Waals surface area contributed by atoms with Crippen LogP contribution in [-0.4, -0.2) is 39.7 Å². The van der Waals surface area contributed by atoms with E-state index in [0.717, 1.165) is 41.9 Å². The average Bonchev–Trinajstić information content (AvgIpc) is 3.06. The van der Waals surface area contributed by atoms with E-state index in [4.69, 9.17) is 9.97 Å². The SMILES string of the molecule is CC(=O)Nc1cccc(-c2nc(N3C[C@@H](O)[C@@H]3C)nc3c2CCC3)c1. The third kappa shape index (κ3) is 2.87. The highest BCUT2D eigenvalue weighted by Gasteiger charge is 2.36. The van der Waals surface area contributed by atoms with Gasteiger partial charge in [0.05, 0.1) is 17.8 Å². The number of aryl methyl sites for hydroxylation is 1. The van der Waals surface area contributed by atoms with Crippen LogP contribution in [0.3, 0.4) is 0 Å². The first-order chi connectivity index (χ1) is 12.0. The van der Waals surface area contributed by atoms with Crippen LogP contribution in [0.4, 0.5) is 11.6 Å². The second kappa shape index (κ2) is 6.11. The number of carbonyl (C=O) groups excluding carboxylic acids is 1. The van der Waals surface area contributed by atoms with Crippen molar-refractivity contribution in [3.63, 3.8) is 0 Å². The van der Waals surface area contributed by atoms with Crippen molar-refractivity contribution in [2.45, 2.75) is 45.3 Å². The molecule has 1 fully saturated rings. The van der Waals surface area contributed by atoms with Crippen LogP contribution < -0.4 is 10.2 Å². The highest BCUT2D eigenvalue weighted by molar-refractivity contribution is 5.89. The number of aliphatic hydroxyl groups is 1. The average molecular weight is 338 g/mol. The summed E-state index contributed by atoms with van der Waals surface area (Å²) in [5.41, 5.74) is 5.01. The molecule has 0 saturated carbocycles. The van der Waals surface area contributed by atoms with Crippen molar-refractivity contribution < 1.29 is 9.90 Å². The van der Waals surface area contributed by atoms with E-state index in [1.807, 2.05) is 36.1 Å². The number of carbonyl (C=O) groups is 1. The second-order valence-corrected chi connectivity index (χ2v) is 6.87. The van der Waals surface area contributed by atoms with Gasteiger partial charge in [-0.3, -0.25) is 4.79 Å². The lowest BCUT2D eigenvalue weighted by atomic mass is 10.0. The molecule has 0 unspecified atom stereocenters. The van der Waals surface area contributed by atoms with Gasteiger partial charge in [0, 0.05) is 36.0 Å². The van der Waals surface area contributed by atoms with E-state index < -0.39 is 0 Å². The molecule has 0 radical (unpaired) electrons. The van der Waals surface area contributed by atoms with Crippen molar-refractivity contribution in [3.05, 3.63) is 35.5 Å². The lowest BCUT2D eigenvalue weighted by molar-refractivity contribution is -0.114. The molecular formula is C19H22N4O2. The van der Waals surface area contributed by atoms with Crippen molar-refractivity contribution in [3.8, 4) is 11.3 Å². The van der Waals surface area contributed by atoms with Gasteiger partial charge in [-0.05, 0) is 38.3 Å². The molecule has 1 aromatic heterocycles. The first-order valence-corrected chi connectivity index (χ1v) is 8.75. The van der Waals surface area contributed by atoms with Crippen LogP contribution in [0, 0.1) is 0 Å². The minimum Gasteiger partial charge on any atom is -0.389 e. The largest absolute Gasteiger partial charge is 0.389 e. The topological polar surface area (TPSA) is 78.4 Å². The Labute approximate surface area is 146 Å². The zero-order chi connectivity index (χ0) is 17.6. The first-order valence-electron chi connectivity index (χ1n) is 8.75. The number of β-amino-alcohol motifs (C(OH)–C–C–N with tert-alkyl or cyclic N) is 1. The Balaban J connectivity index is 1.76. The van der Waals surface area contributed by atoms with Gasteiger partial charge in [-0.2, -0.15) is 0 Å². The standard InChI is InChI=1S/C19H22N4O2/c1-11-17(25)10-23(11)19-21-16-8-4-7-15(16)18(22-19)13-5-3-6-14(9-13)20-12(2)24/h3,5-6,9,11,17,25H,4,7-8,10H2,1-2H3,(H,20,24)/t11-,17+/m0/s1. The maximum atomic E-state index is 11.3. The predicted molar refractivity (Wildman–Crippen MR) is 96.6 cm³/mol. The number of aromatic nitrogens is 2. The number of amides is 1. The summed E-state index contributed by atoms with van der Waals surface area (Å²) < 4.78 is 0. The van der Waals surface area contributed by atoms with Crippen LogP contribution in [-0.2, 0) is 17.6 Å². The molecule has 2 atom stereocenters. The van der Waals surface area contributed by atoms with Crippen LogP contribution in [0.15, 0.2) is 24.3 Å². The van der Waals surface area contributed by atoms with E-state index in [1.165, 1.54) is 12.5 Å². The summed E-state index contributed by atoms with van der Waals surface area (Å²) >= 11 is 0. The Kier molecular flexibility index (Phi) is 3.92. The number of aliphatic hydroxyl groups excluding tert-OH is 1. The van der Waals surface area contributed by atoms with Gasteiger partial charge in [0.2, 0.25) is 11.9 Å². The van der Waals surface area contributed by atoms with Crippen molar-refractivity contribution in [2.24, 2.45) is 0 Å². The summed E-state index contributed by atoms with van der Waals surface area (Å²) in [6.45, 7) is 4.07. The number of fused-ring (bicyclic) bond motifs is 1. The molecule has 0 bridgehead atoms. The molecule has 6 heteroatoms. The van der Waals surface area contributed by atoms with Crippen LogP contribution in [0.25, 0.3) is 11.3 Å². The fraction of sp³-hybridized carbons (Fsp3) is 0.421. The molecule has 6 nitrogen and oxygen atoms in total. The molecule has 1 aliphatic heterocycles. The number of benzene rings is 1. The van der Waals surface area contributed by atoms with E-state index in [1.54, 1.807) is 0 Å². The van der Waals surface area contributed by atoms with Gasteiger partial charge in [-0.1, -0.05) is 12.1 Å². The smallest absolute Gasteiger partial charge is 0.226 e. The summed E-state index contributed by atoms with van der Waals surface area (Å²) in [6.07, 6.45) is 2.72. The van der Waals surface area contributed by atoms with E-state index in [0.29, 0.717) is 12.5 Å². The number of rotatable bonds is 3. The highest BCUT2D eigenvalue weighted by atomic mass is 16.3. The zero-order valence-corrected chi connectivity index (χ0v) is 14.5. The second-order valence-electron chi connectivity index (χ2n) is 6.87. The lowest BCUT2D eigenvalue weighted by Gasteiger charge is -2.43. The maximum absolute atomic E-state index is 11.3. The van der Waals surface area contributed by atoms with Gasteiger partial charge < -0.3 is 15.3 Å². The maximum Gasteiger partial charge on any atom is 0.226 e. The first kappa shape index (κ1) is 16.0. The number of hydrogen-bond donors (Lipinski definition) is 2. The third-order valence-corrected chi connectivity index (χ3v) is 5.07. The van der Waals surface area contributed by atoms with Gasteiger partial charge in [-0.25, -0.2) is 9.97 Å². The van der Waals surface area contributed by atoms with Crippen molar-refractivity contribution >= 4 is 17.5 Å². The van der Waals surface area contributed by atoms with Gasteiger partial charge in [0.25, 0.3) is 0 Å². The molecule has 2 aromatic rings. The van der Waals surface area contributed by atoms with E-state index >= 15 is 0 Å². The molecule has 1 saturated heterocycles. The van der Waals surface area contributed by atoms with Crippen molar-refractivity contribution in [1.82, 2.24) is 9.97 Å². The van der Waals surface area contributed by atoms with Crippen LogP contribution in [0.2, 0.25) is 0 Å². The highest BCUT2D eigenvalue weighted by Crippen LogP contribution is 2.34. The Hall–Kier alpha value is -2.47. The quantitative estimate of drug-likeness (QED) is 0.897. The predicted octanol–water partition coefficient (Wildman–Crippen LogP) is 2.16. The summed E-state index contributed by atoms with van der Waals surface area (Å²) in [5, 5.41) is 12.6. The molecule has 1 aromatic carbocycles. The third-order valence-electron chi connectivity index (χ3n) is 5.07. The van der Waals surface area contributed by atoms with Crippen LogP contribution in [0.5, 0.6) is 0 Å². The molecule has 2 aliphatic rings. The molecule has 1 amide bonds. The summed E-state index contributed by atoms with van der Waals surface area (Å²) in [7, 11) is 0. The number of hydrogen-bond acceptors (Lipinski definition) is 5.